The van der Waals surface area contributed by atoms with E-state index in [0.29, 0.717) is 11.3 Å². The molecule has 1 N–H and O–H groups in total. The van der Waals surface area contributed by atoms with Gasteiger partial charge in [0.15, 0.2) is 0 Å². The average Bonchev–Trinajstić information content (AvgIpc) is 2.64. The van der Waals surface area contributed by atoms with Crippen LogP contribution in [0.2, 0.25) is 0 Å². The first kappa shape index (κ1) is 20.3. The SMILES string of the molecule is COc1ccccc1C(=O)NCCN(C(C)=O)c1ccccc1C(F)(F)F. The molecule has 0 atom stereocenters. The van der Waals surface area contributed by atoms with Crippen LogP contribution in [0.5, 0.6) is 5.75 Å². The van der Waals surface area contributed by atoms with Gasteiger partial charge >= 0.3 is 6.18 Å². The van der Waals surface area contributed by atoms with E-state index in [1.165, 1.54) is 32.2 Å². The summed E-state index contributed by atoms with van der Waals surface area (Å²) in [5.74, 6) is -0.626. The van der Waals surface area contributed by atoms with E-state index in [0.717, 1.165) is 11.0 Å². The highest BCUT2D eigenvalue weighted by atomic mass is 19.4. The number of para-hydroxylation sites is 2. The first-order valence-corrected chi connectivity index (χ1v) is 8.11. The van der Waals surface area contributed by atoms with Gasteiger partial charge in [-0.25, -0.2) is 0 Å². The molecule has 2 rings (SSSR count). The number of rotatable bonds is 6. The van der Waals surface area contributed by atoms with Crippen LogP contribution >= 0.6 is 0 Å². The van der Waals surface area contributed by atoms with Crippen molar-refractivity contribution in [1.82, 2.24) is 5.32 Å². The van der Waals surface area contributed by atoms with Gasteiger partial charge in [-0.3, -0.25) is 9.59 Å². The molecular formula is C19H19F3N2O3. The number of methoxy groups -OCH3 is 1. The Hall–Kier alpha value is -3.03. The van der Waals surface area contributed by atoms with E-state index in [-0.39, 0.29) is 18.8 Å². The van der Waals surface area contributed by atoms with Crippen LogP contribution in [-0.4, -0.2) is 32.0 Å². The molecule has 0 aliphatic heterocycles. The molecule has 0 saturated heterocycles. The zero-order valence-corrected chi connectivity index (χ0v) is 14.8. The molecule has 0 saturated carbocycles. The molecule has 0 fully saturated rings. The van der Waals surface area contributed by atoms with E-state index in [9.17, 15) is 22.8 Å². The van der Waals surface area contributed by atoms with Crippen LogP contribution in [0.4, 0.5) is 18.9 Å². The number of anilines is 1. The molecule has 0 spiro atoms. The fourth-order valence-corrected chi connectivity index (χ4v) is 2.60. The van der Waals surface area contributed by atoms with Gasteiger partial charge in [-0.2, -0.15) is 13.2 Å². The minimum Gasteiger partial charge on any atom is -0.496 e. The highest BCUT2D eigenvalue weighted by molar-refractivity contribution is 5.97. The number of hydrogen-bond acceptors (Lipinski definition) is 3. The summed E-state index contributed by atoms with van der Waals surface area (Å²) in [6, 6.07) is 11.4. The van der Waals surface area contributed by atoms with Gasteiger partial charge in [0.2, 0.25) is 5.91 Å². The number of benzene rings is 2. The Balaban J connectivity index is 2.13. The second kappa shape index (κ2) is 8.57. The van der Waals surface area contributed by atoms with Gasteiger partial charge in [-0.05, 0) is 24.3 Å². The summed E-state index contributed by atoms with van der Waals surface area (Å²) in [4.78, 5) is 25.2. The maximum Gasteiger partial charge on any atom is 0.418 e. The van der Waals surface area contributed by atoms with E-state index in [2.05, 4.69) is 5.32 Å². The number of carbonyl (C=O) groups excluding carboxylic acids is 2. The smallest absolute Gasteiger partial charge is 0.418 e. The molecule has 2 aromatic carbocycles. The Morgan fingerprint density at radius 3 is 2.33 bits per heavy atom. The van der Waals surface area contributed by atoms with E-state index in [4.69, 9.17) is 4.74 Å². The number of hydrogen-bond donors (Lipinski definition) is 1. The van der Waals surface area contributed by atoms with Gasteiger partial charge in [0, 0.05) is 20.0 Å². The lowest BCUT2D eigenvalue weighted by molar-refractivity contribution is -0.137. The van der Waals surface area contributed by atoms with Gasteiger partial charge in [0.25, 0.3) is 5.91 Å². The van der Waals surface area contributed by atoms with Crippen molar-refractivity contribution in [2.75, 3.05) is 25.1 Å². The summed E-state index contributed by atoms with van der Waals surface area (Å²) in [5, 5.41) is 2.59. The lowest BCUT2D eigenvalue weighted by Gasteiger charge is -2.25. The number of alkyl halides is 3. The summed E-state index contributed by atoms with van der Waals surface area (Å²) in [7, 11) is 1.43. The largest absolute Gasteiger partial charge is 0.496 e. The number of nitrogens with zero attached hydrogens (tertiary/aromatic N) is 1. The van der Waals surface area contributed by atoms with Crippen molar-refractivity contribution in [3.05, 3.63) is 59.7 Å². The molecule has 5 nitrogen and oxygen atoms in total. The predicted octanol–water partition coefficient (Wildman–Crippen LogP) is 3.50. The highest BCUT2D eigenvalue weighted by Crippen LogP contribution is 2.36. The second-order valence-electron chi connectivity index (χ2n) is 5.64. The van der Waals surface area contributed by atoms with Crippen molar-refractivity contribution in [3.63, 3.8) is 0 Å². The molecule has 0 bridgehead atoms. The van der Waals surface area contributed by atoms with Crippen molar-refractivity contribution >= 4 is 17.5 Å². The summed E-state index contributed by atoms with van der Waals surface area (Å²) < 4.78 is 44.7. The van der Waals surface area contributed by atoms with Crippen LogP contribution < -0.4 is 15.0 Å². The molecule has 0 radical (unpaired) electrons. The zero-order valence-electron chi connectivity index (χ0n) is 14.8. The lowest BCUT2D eigenvalue weighted by Crippen LogP contribution is -2.38. The van der Waals surface area contributed by atoms with Crippen LogP contribution in [0.15, 0.2) is 48.5 Å². The molecule has 0 aliphatic carbocycles. The average molecular weight is 380 g/mol. The van der Waals surface area contributed by atoms with Crippen LogP contribution in [-0.2, 0) is 11.0 Å². The van der Waals surface area contributed by atoms with E-state index in [1.54, 1.807) is 24.3 Å². The molecule has 0 unspecified atom stereocenters. The molecule has 0 aromatic heterocycles. The molecule has 0 heterocycles. The number of amides is 2. The summed E-state index contributed by atoms with van der Waals surface area (Å²) in [6.45, 7) is 1.04. The third kappa shape index (κ3) is 4.99. The minimum absolute atomic E-state index is 0.0251. The standard InChI is InChI=1S/C19H19F3N2O3/c1-13(25)24(16-9-5-4-8-15(16)19(20,21)22)12-11-23-18(26)14-7-3-6-10-17(14)27-2/h3-10H,11-12H2,1-2H3,(H,23,26). The Kier molecular flexibility index (Phi) is 6.44. The number of halogens is 3. The van der Waals surface area contributed by atoms with Gasteiger partial charge in [0.1, 0.15) is 5.75 Å². The molecule has 144 valence electrons. The Morgan fingerprint density at radius 2 is 1.70 bits per heavy atom. The molecule has 0 aliphatic rings. The topological polar surface area (TPSA) is 58.6 Å². The van der Waals surface area contributed by atoms with E-state index >= 15 is 0 Å². The highest BCUT2D eigenvalue weighted by Gasteiger charge is 2.35. The minimum atomic E-state index is -4.59. The maximum absolute atomic E-state index is 13.2. The van der Waals surface area contributed by atoms with Crippen LogP contribution in [0.3, 0.4) is 0 Å². The van der Waals surface area contributed by atoms with Crippen LogP contribution in [0.25, 0.3) is 0 Å². The zero-order chi connectivity index (χ0) is 20.0. The lowest BCUT2D eigenvalue weighted by atomic mass is 10.1. The molecule has 2 aromatic rings. The van der Waals surface area contributed by atoms with Crippen molar-refractivity contribution in [1.29, 1.82) is 0 Å². The van der Waals surface area contributed by atoms with Crippen molar-refractivity contribution in [3.8, 4) is 5.75 Å². The normalized spacial score (nSPS) is 11.0. The quantitative estimate of drug-likeness (QED) is 0.835. The van der Waals surface area contributed by atoms with Crippen LogP contribution in [0, 0.1) is 0 Å². The van der Waals surface area contributed by atoms with Crippen molar-refractivity contribution in [2.45, 2.75) is 13.1 Å². The fourth-order valence-electron chi connectivity index (χ4n) is 2.60. The predicted molar refractivity (Wildman–Crippen MR) is 94.8 cm³/mol. The van der Waals surface area contributed by atoms with E-state index < -0.39 is 23.6 Å². The monoisotopic (exact) mass is 380 g/mol. The first-order chi connectivity index (χ1) is 12.8. The van der Waals surface area contributed by atoms with Gasteiger partial charge in [-0.1, -0.05) is 24.3 Å². The Labute approximate surface area is 154 Å². The summed E-state index contributed by atoms with van der Waals surface area (Å²) in [5.41, 5.74) is -0.856. The van der Waals surface area contributed by atoms with Gasteiger partial charge in [-0.15, -0.1) is 0 Å². The molecule has 27 heavy (non-hydrogen) atoms. The third-order valence-electron chi connectivity index (χ3n) is 3.85. The second-order valence-corrected chi connectivity index (χ2v) is 5.64. The van der Waals surface area contributed by atoms with E-state index in [1.807, 2.05) is 0 Å². The number of nitrogens with one attached hydrogen (secondary N) is 1. The Bertz CT molecular complexity index is 822. The van der Waals surface area contributed by atoms with Crippen LogP contribution in [0.1, 0.15) is 22.8 Å². The molecule has 8 heteroatoms. The Morgan fingerprint density at radius 1 is 1.07 bits per heavy atom. The third-order valence-corrected chi connectivity index (χ3v) is 3.85. The van der Waals surface area contributed by atoms with Crippen molar-refractivity contribution in [2.24, 2.45) is 0 Å². The first-order valence-electron chi connectivity index (χ1n) is 8.11. The summed E-state index contributed by atoms with van der Waals surface area (Å²) in [6.07, 6.45) is -4.59. The van der Waals surface area contributed by atoms with Crippen molar-refractivity contribution < 1.29 is 27.5 Å². The summed E-state index contributed by atoms with van der Waals surface area (Å²) >= 11 is 0. The number of carbonyl (C=O) groups is 2. The fraction of sp³-hybridized carbons (Fsp3) is 0.263. The molecular weight excluding hydrogens is 361 g/mol. The maximum atomic E-state index is 13.2. The molecule has 2 amide bonds. The number of ether oxygens (including phenoxy) is 1. The van der Waals surface area contributed by atoms with Gasteiger partial charge < -0.3 is 15.0 Å². The van der Waals surface area contributed by atoms with Gasteiger partial charge in [0.05, 0.1) is 23.9 Å².